The van der Waals surface area contributed by atoms with Crippen molar-refractivity contribution in [1.82, 2.24) is 15.2 Å². The molecule has 1 aliphatic heterocycles. The van der Waals surface area contributed by atoms with Gasteiger partial charge >= 0.3 is 6.03 Å². The van der Waals surface area contributed by atoms with Crippen molar-refractivity contribution in [2.75, 3.05) is 13.7 Å². The molecule has 2 heterocycles. The Morgan fingerprint density at radius 1 is 1.35 bits per heavy atom. The van der Waals surface area contributed by atoms with Crippen LogP contribution in [0, 0.1) is 11.8 Å². The number of likely N-dealkylation sites (N-methyl/N-ethyl adjacent to an activating group) is 1. The molecule has 0 spiro atoms. The van der Waals surface area contributed by atoms with Gasteiger partial charge in [0.25, 0.3) is 0 Å². The molecule has 1 aromatic rings. The van der Waals surface area contributed by atoms with Crippen molar-refractivity contribution in [2.45, 2.75) is 50.3 Å². The van der Waals surface area contributed by atoms with Gasteiger partial charge in [0.1, 0.15) is 6.10 Å². The van der Waals surface area contributed by atoms with Gasteiger partial charge in [0.2, 0.25) is 0 Å². The summed E-state index contributed by atoms with van der Waals surface area (Å²) in [6, 6.07) is 4.45. The molecule has 2 saturated carbocycles. The van der Waals surface area contributed by atoms with Crippen LogP contribution in [0.2, 0.25) is 0 Å². The van der Waals surface area contributed by atoms with Crippen molar-refractivity contribution in [1.29, 1.82) is 0 Å². The van der Waals surface area contributed by atoms with Crippen molar-refractivity contribution in [3.63, 3.8) is 0 Å². The van der Waals surface area contributed by atoms with Crippen molar-refractivity contribution in [3.8, 4) is 0 Å². The van der Waals surface area contributed by atoms with E-state index in [1.54, 1.807) is 6.20 Å². The Bertz CT molecular complexity index is 565. The molecule has 3 aliphatic rings. The van der Waals surface area contributed by atoms with Gasteiger partial charge in [-0.05, 0) is 43.6 Å². The molecule has 4 rings (SSSR count). The van der Waals surface area contributed by atoms with E-state index in [-0.39, 0.29) is 18.2 Å². The molecule has 1 saturated heterocycles. The van der Waals surface area contributed by atoms with Crippen LogP contribution >= 0.6 is 0 Å². The fourth-order valence-corrected chi connectivity index (χ4v) is 4.67. The largest absolute Gasteiger partial charge is 0.371 e. The number of nitrogens with one attached hydrogen (secondary N) is 1. The molecule has 0 unspecified atom stereocenters. The molecular weight excluding hydrogens is 290 g/mol. The van der Waals surface area contributed by atoms with Crippen LogP contribution in [-0.2, 0) is 4.74 Å². The Kier molecular flexibility index (Phi) is 3.97. The van der Waals surface area contributed by atoms with Crippen LogP contribution in [0.4, 0.5) is 4.79 Å². The molecule has 2 aliphatic carbocycles. The lowest BCUT2D eigenvalue weighted by Gasteiger charge is -2.31. The zero-order valence-corrected chi connectivity index (χ0v) is 13.6. The van der Waals surface area contributed by atoms with E-state index in [1.807, 2.05) is 30.3 Å². The number of urea groups is 1. The van der Waals surface area contributed by atoms with Crippen molar-refractivity contribution in [2.24, 2.45) is 11.8 Å². The van der Waals surface area contributed by atoms with Crippen LogP contribution in [-0.4, -0.2) is 41.7 Å². The highest BCUT2D eigenvalue weighted by atomic mass is 16.5. The third-order valence-electron chi connectivity index (χ3n) is 5.94. The second kappa shape index (κ2) is 6.11. The van der Waals surface area contributed by atoms with E-state index in [1.165, 1.54) is 19.3 Å². The number of hydrogen-bond donors (Lipinski definition) is 1. The number of fused-ring (bicyclic) bond motifs is 2. The molecule has 3 fully saturated rings. The second-order valence-corrected chi connectivity index (χ2v) is 7.28. The van der Waals surface area contributed by atoms with E-state index in [0.29, 0.717) is 18.6 Å². The minimum absolute atomic E-state index is 0.0481. The summed E-state index contributed by atoms with van der Waals surface area (Å²) in [5, 5.41) is 3.27. The average Bonchev–Trinajstić information content (AvgIpc) is 3.31. The van der Waals surface area contributed by atoms with Crippen LogP contribution in [0.3, 0.4) is 0 Å². The minimum Gasteiger partial charge on any atom is -0.371 e. The number of hydrogen-bond acceptors (Lipinski definition) is 3. The van der Waals surface area contributed by atoms with Gasteiger partial charge in [-0.25, -0.2) is 4.79 Å². The zero-order valence-electron chi connectivity index (χ0n) is 13.6. The van der Waals surface area contributed by atoms with Crippen LogP contribution in [0.1, 0.15) is 43.8 Å². The number of rotatable bonds is 3. The zero-order chi connectivity index (χ0) is 15.8. The summed E-state index contributed by atoms with van der Waals surface area (Å²) in [6.07, 6.45) is 9.51. The first-order chi connectivity index (χ1) is 11.2. The molecule has 2 bridgehead atoms. The van der Waals surface area contributed by atoms with Gasteiger partial charge in [-0.1, -0.05) is 12.5 Å². The molecule has 124 valence electrons. The average molecular weight is 315 g/mol. The topological polar surface area (TPSA) is 54.5 Å². The van der Waals surface area contributed by atoms with E-state index in [9.17, 15) is 4.79 Å². The van der Waals surface area contributed by atoms with E-state index in [4.69, 9.17) is 4.74 Å². The molecule has 2 amide bonds. The standard InChI is InChI=1S/C18H25N3O2/c1-21(18(22)20-15-10-12-4-5-13(15)9-12)16-6-8-23-17(16)14-3-2-7-19-11-14/h2-3,7,11-13,15-17H,4-6,8-10H2,1H3,(H,20,22)/t12-,13+,15-,16+,17-/m0/s1. The quantitative estimate of drug-likeness (QED) is 0.933. The smallest absolute Gasteiger partial charge is 0.317 e. The van der Waals surface area contributed by atoms with E-state index >= 15 is 0 Å². The van der Waals surface area contributed by atoms with Crippen molar-refractivity contribution < 1.29 is 9.53 Å². The molecule has 0 radical (unpaired) electrons. The third kappa shape index (κ3) is 2.82. The number of nitrogens with zero attached hydrogens (tertiary/aromatic N) is 2. The van der Waals surface area contributed by atoms with E-state index < -0.39 is 0 Å². The summed E-state index contributed by atoms with van der Waals surface area (Å²) < 4.78 is 5.88. The Morgan fingerprint density at radius 2 is 2.26 bits per heavy atom. The number of ether oxygens (including phenoxy) is 1. The van der Waals surface area contributed by atoms with Crippen LogP contribution in [0.25, 0.3) is 0 Å². The summed E-state index contributed by atoms with van der Waals surface area (Å²) >= 11 is 0. The summed E-state index contributed by atoms with van der Waals surface area (Å²) in [5.74, 6) is 1.54. The molecule has 23 heavy (non-hydrogen) atoms. The number of carbonyl (C=O) groups excluding carboxylic acids is 1. The summed E-state index contributed by atoms with van der Waals surface area (Å²) in [6.45, 7) is 0.690. The molecule has 5 atom stereocenters. The van der Waals surface area contributed by atoms with Crippen LogP contribution < -0.4 is 5.32 Å². The molecular formula is C18H25N3O2. The first-order valence-electron chi connectivity index (χ1n) is 8.77. The van der Waals surface area contributed by atoms with Gasteiger partial charge in [-0.3, -0.25) is 4.98 Å². The van der Waals surface area contributed by atoms with Crippen LogP contribution in [0.15, 0.2) is 24.5 Å². The molecule has 1 N–H and O–H groups in total. The van der Waals surface area contributed by atoms with E-state index in [0.717, 1.165) is 24.3 Å². The van der Waals surface area contributed by atoms with Gasteiger partial charge in [0, 0.05) is 37.7 Å². The summed E-state index contributed by atoms with van der Waals surface area (Å²) in [5.41, 5.74) is 1.05. The third-order valence-corrected chi connectivity index (χ3v) is 5.94. The maximum absolute atomic E-state index is 12.7. The minimum atomic E-state index is -0.0699. The first-order valence-corrected chi connectivity index (χ1v) is 8.77. The number of pyridine rings is 1. The van der Waals surface area contributed by atoms with Gasteiger partial charge in [-0.2, -0.15) is 0 Å². The maximum atomic E-state index is 12.7. The maximum Gasteiger partial charge on any atom is 0.317 e. The molecule has 5 nitrogen and oxygen atoms in total. The summed E-state index contributed by atoms with van der Waals surface area (Å²) in [4.78, 5) is 18.7. The van der Waals surface area contributed by atoms with E-state index in [2.05, 4.69) is 10.3 Å². The SMILES string of the molecule is CN(C(=O)N[C@H]1C[C@H]2CC[C@@H]1C2)[C@@H]1CCO[C@H]1c1cccnc1. The lowest BCUT2D eigenvalue weighted by Crippen LogP contribution is -2.49. The normalized spacial score (nSPS) is 35.4. The van der Waals surface area contributed by atoms with Gasteiger partial charge in [0.05, 0.1) is 6.04 Å². The monoisotopic (exact) mass is 315 g/mol. The number of carbonyl (C=O) groups is 1. The summed E-state index contributed by atoms with van der Waals surface area (Å²) in [7, 11) is 1.89. The van der Waals surface area contributed by atoms with Gasteiger partial charge in [-0.15, -0.1) is 0 Å². The predicted octanol–water partition coefficient (Wildman–Crippen LogP) is 2.74. The highest BCUT2D eigenvalue weighted by Gasteiger charge is 2.41. The highest BCUT2D eigenvalue weighted by molar-refractivity contribution is 5.74. The fraction of sp³-hybridized carbons (Fsp3) is 0.667. The van der Waals surface area contributed by atoms with Crippen molar-refractivity contribution in [3.05, 3.63) is 30.1 Å². The second-order valence-electron chi connectivity index (χ2n) is 7.28. The Hall–Kier alpha value is -1.62. The number of aromatic nitrogens is 1. The van der Waals surface area contributed by atoms with Crippen molar-refractivity contribution >= 4 is 6.03 Å². The fourth-order valence-electron chi connectivity index (χ4n) is 4.67. The van der Waals surface area contributed by atoms with Gasteiger partial charge in [0.15, 0.2) is 0 Å². The Morgan fingerprint density at radius 3 is 2.96 bits per heavy atom. The predicted molar refractivity (Wildman–Crippen MR) is 86.9 cm³/mol. The Labute approximate surface area is 137 Å². The lowest BCUT2D eigenvalue weighted by atomic mass is 9.95. The Balaban J connectivity index is 1.41. The molecule has 1 aromatic heterocycles. The molecule has 5 heteroatoms. The lowest BCUT2D eigenvalue weighted by molar-refractivity contribution is 0.0759. The highest BCUT2D eigenvalue weighted by Crippen LogP contribution is 2.44. The first kappa shape index (κ1) is 14.9. The number of amides is 2. The molecule has 0 aromatic carbocycles. The van der Waals surface area contributed by atoms with Gasteiger partial charge < -0.3 is 15.0 Å². The van der Waals surface area contributed by atoms with Crippen LogP contribution in [0.5, 0.6) is 0 Å².